The highest BCUT2D eigenvalue weighted by molar-refractivity contribution is 7.91. The molecule has 0 bridgehead atoms. The molecule has 0 amide bonds. The molecule has 0 unspecified atom stereocenters. The van der Waals surface area contributed by atoms with Crippen LogP contribution in [0.2, 0.25) is 0 Å². The number of nitro benzene ring substituents is 1. The Morgan fingerprint density at radius 2 is 1.91 bits per heavy atom. The first kappa shape index (κ1) is 16.8. The zero-order valence-corrected chi connectivity index (χ0v) is 13.2. The Morgan fingerprint density at radius 3 is 2.61 bits per heavy atom. The minimum atomic E-state index is -3.69. The monoisotopic (exact) mass is 336 g/mol. The van der Waals surface area contributed by atoms with E-state index < -0.39 is 14.9 Å². The van der Waals surface area contributed by atoms with Crippen LogP contribution in [-0.4, -0.2) is 19.9 Å². The Kier molecular flexibility index (Phi) is 5.17. The number of nitrogens with one attached hydrogen (secondary N) is 1. The molecule has 2 aromatic carbocycles. The number of ether oxygens (including phenoxy) is 1. The number of hydrogen-bond acceptors (Lipinski definition) is 5. The third-order valence-corrected chi connectivity index (χ3v) is 4.16. The molecule has 0 radical (unpaired) electrons. The summed E-state index contributed by atoms with van der Waals surface area (Å²) in [5.41, 5.74) is 0.574. The smallest absolute Gasteiger partial charge is 0.269 e. The first-order valence-corrected chi connectivity index (χ1v) is 8.51. The summed E-state index contributed by atoms with van der Waals surface area (Å²) in [6.07, 6.45) is 0. The van der Waals surface area contributed by atoms with Crippen molar-refractivity contribution < 1.29 is 18.1 Å². The second kappa shape index (κ2) is 7.10. The van der Waals surface area contributed by atoms with Gasteiger partial charge in [-0.15, -0.1) is 0 Å². The summed E-state index contributed by atoms with van der Waals surface area (Å²) in [5.74, 6) is 0.205. The van der Waals surface area contributed by atoms with Gasteiger partial charge in [-0.3, -0.25) is 14.8 Å². The van der Waals surface area contributed by atoms with E-state index in [9.17, 15) is 18.5 Å². The predicted octanol–water partition coefficient (Wildman–Crippen LogP) is 2.94. The van der Waals surface area contributed by atoms with Gasteiger partial charge in [0.05, 0.1) is 23.0 Å². The van der Waals surface area contributed by atoms with Crippen molar-refractivity contribution in [2.45, 2.75) is 12.7 Å². The van der Waals surface area contributed by atoms with Crippen molar-refractivity contribution in [3.05, 3.63) is 64.2 Å². The lowest BCUT2D eigenvalue weighted by molar-refractivity contribution is -0.384. The number of nitrogens with zero attached hydrogens (tertiary/aromatic N) is 1. The van der Waals surface area contributed by atoms with Gasteiger partial charge in [-0.2, -0.15) is 0 Å². The van der Waals surface area contributed by atoms with Crippen LogP contribution in [0.25, 0.3) is 0 Å². The van der Waals surface area contributed by atoms with Crippen LogP contribution in [0, 0.1) is 10.1 Å². The topological polar surface area (TPSA) is 98.5 Å². The number of nitro groups is 1. The van der Waals surface area contributed by atoms with E-state index in [1.54, 1.807) is 24.3 Å². The summed E-state index contributed by atoms with van der Waals surface area (Å²) >= 11 is 0. The Bertz CT molecular complexity index is 805. The maximum Gasteiger partial charge on any atom is 0.269 e. The predicted molar refractivity (Wildman–Crippen MR) is 87.0 cm³/mol. The van der Waals surface area contributed by atoms with Crippen molar-refractivity contribution in [1.82, 2.24) is 0 Å². The van der Waals surface area contributed by atoms with Crippen LogP contribution in [0.5, 0.6) is 5.75 Å². The standard InChI is InChI=1S/C15H16N2O5S/c1-2-22-15-8-4-6-13(10-15)16-23(20,21)11-12-5-3-7-14(9-12)17(18)19/h3-10,16H,2,11H2,1H3. The van der Waals surface area contributed by atoms with E-state index in [0.717, 1.165) is 0 Å². The van der Waals surface area contributed by atoms with Gasteiger partial charge in [-0.25, -0.2) is 8.42 Å². The summed E-state index contributed by atoms with van der Waals surface area (Å²) in [6.45, 7) is 2.31. The molecule has 122 valence electrons. The fraction of sp³-hybridized carbons (Fsp3) is 0.200. The molecule has 0 saturated carbocycles. The molecule has 0 aromatic heterocycles. The molecule has 2 aromatic rings. The highest BCUT2D eigenvalue weighted by Crippen LogP contribution is 2.20. The van der Waals surface area contributed by atoms with E-state index >= 15 is 0 Å². The highest BCUT2D eigenvalue weighted by Gasteiger charge is 2.14. The molecule has 23 heavy (non-hydrogen) atoms. The molecule has 7 nitrogen and oxygen atoms in total. The zero-order valence-electron chi connectivity index (χ0n) is 12.4. The number of anilines is 1. The van der Waals surface area contributed by atoms with Gasteiger partial charge in [0, 0.05) is 18.2 Å². The van der Waals surface area contributed by atoms with E-state index in [0.29, 0.717) is 23.6 Å². The molecule has 8 heteroatoms. The van der Waals surface area contributed by atoms with Gasteiger partial charge in [-0.05, 0) is 24.6 Å². The lowest BCUT2D eigenvalue weighted by atomic mass is 10.2. The molecular formula is C15H16N2O5S. The fourth-order valence-electron chi connectivity index (χ4n) is 2.01. The lowest BCUT2D eigenvalue weighted by Crippen LogP contribution is -2.15. The fourth-order valence-corrected chi connectivity index (χ4v) is 3.19. The van der Waals surface area contributed by atoms with Gasteiger partial charge in [-0.1, -0.05) is 18.2 Å². The van der Waals surface area contributed by atoms with Crippen LogP contribution in [0.4, 0.5) is 11.4 Å². The first-order valence-electron chi connectivity index (χ1n) is 6.86. The van der Waals surface area contributed by atoms with Crippen LogP contribution in [-0.2, 0) is 15.8 Å². The van der Waals surface area contributed by atoms with E-state index in [1.165, 1.54) is 24.3 Å². The van der Waals surface area contributed by atoms with Crippen molar-refractivity contribution in [2.75, 3.05) is 11.3 Å². The third-order valence-electron chi connectivity index (χ3n) is 2.90. The SMILES string of the molecule is CCOc1cccc(NS(=O)(=O)Cc2cccc([N+](=O)[O-])c2)c1. The second-order valence-corrected chi connectivity index (χ2v) is 6.47. The molecule has 0 aliphatic heterocycles. The van der Waals surface area contributed by atoms with Gasteiger partial charge in [0.25, 0.3) is 5.69 Å². The lowest BCUT2D eigenvalue weighted by Gasteiger charge is -2.10. The summed E-state index contributed by atoms with van der Waals surface area (Å²) in [6, 6.07) is 12.1. The molecule has 0 spiro atoms. The molecule has 0 fully saturated rings. The van der Waals surface area contributed by atoms with Crippen LogP contribution < -0.4 is 9.46 Å². The van der Waals surface area contributed by atoms with E-state index in [2.05, 4.69) is 4.72 Å². The Labute approximate surface area is 134 Å². The first-order chi connectivity index (χ1) is 10.9. The van der Waals surface area contributed by atoms with E-state index in [1.807, 2.05) is 6.92 Å². The zero-order chi connectivity index (χ0) is 16.9. The summed E-state index contributed by atoms with van der Waals surface area (Å²) in [7, 11) is -3.69. The van der Waals surface area contributed by atoms with Crippen molar-refractivity contribution >= 4 is 21.4 Å². The Hall–Kier alpha value is -2.61. The number of hydrogen-bond donors (Lipinski definition) is 1. The molecule has 1 N–H and O–H groups in total. The molecule has 0 heterocycles. The minimum Gasteiger partial charge on any atom is -0.494 e. The summed E-state index contributed by atoms with van der Waals surface area (Å²) in [5, 5.41) is 10.7. The quantitative estimate of drug-likeness (QED) is 0.619. The number of sulfonamides is 1. The van der Waals surface area contributed by atoms with E-state index in [4.69, 9.17) is 4.74 Å². The van der Waals surface area contributed by atoms with Crippen molar-refractivity contribution in [3.8, 4) is 5.75 Å². The number of benzene rings is 2. The molecule has 0 saturated heterocycles. The van der Waals surface area contributed by atoms with Gasteiger partial charge >= 0.3 is 0 Å². The third kappa shape index (κ3) is 4.96. The second-order valence-electron chi connectivity index (χ2n) is 4.75. The average molecular weight is 336 g/mol. The Balaban J connectivity index is 2.14. The molecule has 2 rings (SSSR count). The largest absolute Gasteiger partial charge is 0.494 e. The summed E-state index contributed by atoms with van der Waals surface area (Å²) < 4.78 is 32.1. The molecule has 0 aliphatic rings. The van der Waals surface area contributed by atoms with Crippen molar-refractivity contribution in [2.24, 2.45) is 0 Å². The van der Waals surface area contributed by atoms with Crippen molar-refractivity contribution in [1.29, 1.82) is 0 Å². The van der Waals surface area contributed by atoms with E-state index in [-0.39, 0.29) is 11.4 Å². The van der Waals surface area contributed by atoms with Crippen LogP contribution in [0.15, 0.2) is 48.5 Å². The van der Waals surface area contributed by atoms with Gasteiger partial charge in [0.1, 0.15) is 5.75 Å². The highest BCUT2D eigenvalue weighted by atomic mass is 32.2. The normalized spacial score (nSPS) is 11.0. The van der Waals surface area contributed by atoms with Crippen LogP contribution in [0.3, 0.4) is 0 Å². The van der Waals surface area contributed by atoms with Gasteiger partial charge in [0.2, 0.25) is 10.0 Å². The number of rotatable bonds is 7. The van der Waals surface area contributed by atoms with Gasteiger partial charge in [0.15, 0.2) is 0 Å². The minimum absolute atomic E-state index is 0.143. The molecule has 0 atom stereocenters. The van der Waals surface area contributed by atoms with Gasteiger partial charge < -0.3 is 4.74 Å². The molecule has 0 aliphatic carbocycles. The maximum atomic E-state index is 12.2. The Morgan fingerprint density at radius 1 is 1.17 bits per heavy atom. The van der Waals surface area contributed by atoms with Crippen LogP contribution >= 0.6 is 0 Å². The maximum absolute atomic E-state index is 12.2. The van der Waals surface area contributed by atoms with Crippen molar-refractivity contribution in [3.63, 3.8) is 0 Å². The average Bonchev–Trinajstić information content (AvgIpc) is 2.47. The molecular weight excluding hydrogens is 320 g/mol. The van der Waals surface area contributed by atoms with Crippen LogP contribution in [0.1, 0.15) is 12.5 Å². The number of non-ortho nitro benzene ring substituents is 1. The summed E-state index contributed by atoms with van der Waals surface area (Å²) in [4.78, 5) is 10.2.